The number of carbonyl (C=O) groups excluding carboxylic acids is 1. The van der Waals surface area contributed by atoms with Crippen LogP contribution in [0.15, 0.2) is 30.3 Å². The average Bonchev–Trinajstić information content (AvgIpc) is 3.03. The van der Waals surface area contributed by atoms with E-state index in [9.17, 15) is 13.2 Å². The van der Waals surface area contributed by atoms with Crippen molar-refractivity contribution in [3.8, 4) is 11.5 Å². The van der Waals surface area contributed by atoms with Crippen molar-refractivity contribution in [2.75, 3.05) is 29.2 Å². The molecule has 7 nitrogen and oxygen atoms in total. The predicted molar refractivity (Wildman–Crippen MR) is 105 cm³/mol. The molecule has 1 aliphatic heterocycles. The lowest BCUT2D eigenvalue weighted by Crippen LogP contribution is -2.37. The number of rotatable bonds is 5. The van der Waals surface area contributed by atoms with E-state index < -0.39 is 22.5 Å². The van der Waals surface area contributed by atoms with Crippen LogP contribution in [-0.2, 0) is 14.8 Å². The number of fused-ring (bicyclic) bond motifs is 1. The van der Waals surface area contributed by atoms with Crippen LogP contribution in [0.2, 0.25) is 15.1 Å². The summed E-state index contributed by atoms with van der Waals surface area (Å²) in [6.07, 6.45) is 0.958. The van der Waals surface area contributed by atoms with Crippen molar-refractivity contribution in [3.63, 3.8) is 0 Å². The number of ether oxygens (including phenoxy) is 2. The molecular weight excluding hydrogens is 439 g/mol. The molecule has 144 valence electrons. The number of hydrogen-bond donors (Lipinski definition) is 1. The summed E-state index contributed by atoms with van der Waals surface area (Å²) in [6, 6.07) is 7.44. The van der Waals surface area contributed by atoms with Crippen molar-refractivity contribution in [1.82, 2.24) is 0 Å². The van der Waals surface area contributed by atoms with Crippen molar-refractivity contribution < 1.29 is 22.7 Å². The van der Waals surface area contributed by atoms with Crippen molar-refractivity contribution >= 4 is 62.1 Å². The van der Waals surface area contributed by atoms with E-state index in [0.717, 1.165) is 10.6 Å². The lowest BCUT2D eigenvalue weighted by Gasteiger charge is -2.23. The Morgan fingerprint density at radius 2 is 1.74 bits per heavy atom. The first kappa shape index (κ1) is 19.9. The zero-order valence-corrected chi connectivity index (χ0v) is 16.9. The number of hydrogen-bond acceptors (Lipinski definition) is 5. The summed E-state index contributed by atoms with van der Waals surface area (Å²) in [5, 5.41) is 2.94. The van der Waals surface area contributed by atoms with Crippen molar-refractivity contribution in [2.45, 2.75) is 0 Å². The fourth-order valence-corrected chi connectivity index (χ4v) is 3.94. The molecule has 0 saturated heterocycles. The molecule has 0 unspecified atom stereocenters. The van der Waals surface area contributed by atoms with E-state index >= 15 is 0 Å². The quantitative estimate of drug-likeness (QED) is 0.699. The van der Waals surface area contributed by atoms with Gasteiger partial charge in [0.05, 0.1) is 27.0 Å². The molecule has 0 aliphatic carbocycles. The number of nitrogens with one attached hydrogen (secondary N) is 1. The molecule has 2 aromatic carbocycles. The second-order valence-electron chi connectivity index (χ2n) is 5.60. The molecule has 1 heterocycles. The van der Waals surface area contributed by atoms with E-state index in [2.05, 4.69) is 5.32 Å². The SMILES string of the molecule is CS(=O)(=O)N(CC(=O)Nc1ccc2c(c1)OCO2)c1cc(Cl)c(Cl)cc1Cl. The Balaban J connectivity index is 1.83. The molecule has 27 heavy (non-hydrogen) atoms. The maximum Gasteiger partial charge on any atom is 0.245 e. The Morgan fingerprint density at radius 1 is 1.07 bits per heavy atom. The largest absolute Gasteiger partial charge is 0.454 e. The highest BCUT2D eigenvalue weighted by atomic mass is 35.5. The van der Waals surface area contributed by atoms with Gasteiger partial charge in [0, 0.05) is 11.8 Å². The van der Waals surface area contributed by atoms with Gasteiger partial charge in [0.1, 0.15) is 6.54 Å². The highest BCUT2D eigenvalue weighted by Gasteiger charge is 2.24. The third-order valence-corrected chi connectivity index (χ3v) is 5.75. The van der Waals surface area contributed by atoms with E-state index in [1.807, 2.05) is 0 Å². The minimum atomic E-state index is -3.83. The Bertz CT molecular complexity index is 1010. The van der Waals surface area contributed by atoms with E-state index in [1.165, 1.54) is 12.1 Å². The van der Waals surface area contributed by atoms with Crippen molar-refractivity contribution in [3.05, 3.63) is 45.4 Å². The zero-order valence-electron chi connectivity index (χ0n) is 13.8. The summed E-state index contributed by atoms with van der Waals surface area (Å²) in [6.45, 7) is -0.407. The van der Waals surface area contributed by atoms with Crippen LogP contribution in [0.5, 0.6) is 11.5 Å². The Kier molecular flexibility index (Phi) is 5.62. The predicted octanol–water partition coefficient (Wildman–Crippen LogP) is 3.78. The molecule has 0 fully saturated rings. The van der Waals surface area contributed by atoms with E-state index in [4.69, 9.17) is 44.3 Å². The average molecular weight is 452 g/mol. The van der Waals surface area contributed by atoms with Crippen LogP contribution in [0.1, 0.15) is 0 Å². The molecule has 0 bridgehead atoms. The minimum absolute atomic E-state index is 0.0469. The van der Waals surface area contributed by atoms with E-state index in [0.29, 0.717) is 17.2 Å². The highest BCUT2D eigenvalue weighted by molar-refractivity contribution is 7.92. The number of nitrogens with zero attached hydrogens (tertiary/aromatic N) is 1. The summed E-state index contributed by atoms with van der Waals surface area (Å²) in [5.41, 5.74) is 0.479. The molecule has 0 spiro atoms. The van der Waals surface area contributed by atoms with Gasteiger partial charge in [-0.2, -0.15) is 0 Å². The normalized spacial score (nSPS) is 12.7. The molecule has 1 aliphatic rings. The van der Waals surface area contributed by atoms with Crippen LogP contribution in [0.4, 0.5) is 11.4 Å². The van der Waals surface area contributed by atoms with Gasteiger partial charge in [0.15, 0.2) is 11.5 Å². The number of benzene rings is 2. The number of amides is 1. The molecule has 0 radical (unpaired) electrons. The van der Waals surface area contributed by atoms with E-state index in [1.54, 1.807) is 18.2 Å². The Hall–Kier alpha value is -1.87. The smallest absolute Gasteiger partial charge is 0.245 e. The molecule has 0 atom stereocenters. The van der Waals surface area contributed by atoms with Gasteiger partial charge in [-0.25, -0.2) is 8.42 Å². The fourth-order valence-electron chi connectivity index (χ4n) is 2.39. The van der Waals surface area contributed by atoms with Gasteiger partial charge in [-0.3, -0.25) is 9.10 Å². The van der Waals surface area contributed by atoms with Crippen LogP contribution in [0, 0.1) is 0 Å². The summed E-state index contributed by atoms with van der Waals surface area (Å²) in [4.78, 5) is 12.4. The zero-order chi connectivity index (χ0) is 19.8. The summed E-state index contributed by atoms with van der Waals surface area (Å²) >= 11 is 17.9. The molecule has 2 aromatic rings. The van der Waals surface area contributed by atoms with Gasteiger partial charge < -0.3 is 14.8 Å². The topological polar surface area (TPSA) is 84.9 Å². The first-order chi connectivity index (χ1) is 12.6. The lowest BCUT2D eigenvalue weighted by atomic mass is 10.2. The number of carbonyl (C=O) groups is 1. The third kappa shape index (κ3) is 4.52. The fraction of sp³-hybridized carbons (Fsp3) is 0.188. The Morgan fingerprint density at radius 3 is 2.44 bits per heavy atom. The highest BCUT2D eigenvalue weighted by Crippen LogP contribution is 2.36. The summed E-state index contributed by atoms with van der Waals surface area (Å²) < 4.78 is 35.7. The monoisotopic (exact) mass is 450 g/mol. The van der Waals surface area contributed by atoms with Crippen molar-refractivity contribution in [1.29, 1.82) is 0 Å². The summed E-state index contributed by atoms with van der Waals surface area (Å²) in [7, 11) is -3.83. The molecule has 11 heteroatoms. The molecule has 0 saturated carbocycles. The summed E-state index contributed by atoms with van der Waals surface area (Å²) in [5.74, 6) is 0.468. The van der Waals surface area contributed by atoms with Gasteiger partial charge in [0.25, 0.3) is 0 Å². The first-order valence-corrected chi connectivity index (χ1v) is 10.4. The molecular formula is C16H13Cl3N2O5S. The van der Waals surface area contributed by atoms with Crippen molar-refractivity contribution in [2.24, 2.45) is 0 Å². The van der Waals surface area contributed by atoms with Gasteiger partial charge in [0.2, 0.25) is 22.7 Å². The second-order valence-corrected chi connectivity index (χ2v) is 8.73. The van der Waals surface area contributed by atoms with Crippen LogP contribution in [0.3, 0.4) is 0 Å². The van der Waals surface area contributed by atoms with Gasteiger partial charge in [-0.1, -0.05) is 34.8 Å². The standard InChI is InChI=1S/C16H13Cl3N2O5S/c1-27(23,24)21(13-6-11(18)10(17)5-12(13)19)7-16(22)20-9-2-3-14-15(4-9)26-8-25-14/h2-6H,7-8H2,1H3,(H,20,22). The van der Waals surface area contributed by atoms with Crippen LogP contribution in [-0.4, -0.2) is 33.9 Å². The van der Waals surface area contributed by atoms with Crippen LogP contribution >= 0.6 is 34.8 Å². The Labute approximate surface area is 170 Å². The van der Waals surface area contributed by atoms with Gasteiger partial charge in [-0.05, 0) is 24.3 Å². The molecule has 1 N–H and O–H groups in total. The number of sulfonamides is 1. The second kappa shape index (κ2) is 7.63. The molecule has 3 rings (SSSR count). The third-order valence-electron chi connectivity index (χ3n) is 3.60. The van der Waals surface area contributed by atoms with Gasteiger partial charge in [-0.15, -0.1) is 0 Å². The van der Waals surface area contributed by atoms with Crippen LogP contribution in [0.25, 0.3) is 0 Å². The first-order valence-electron chi connectivity index (χ1n) is 7.47. The van der Waals surface area contributed by atoms with Crippen LogP contribution < -0.4 is 19.1 Å². The minimum Gasteiger partial charge on any atom is -0.454 e. The number of anilines is 2. The maximum atomic E-state index is 12.4. The lowest BCUT2D eigenvalue weighted by molar-refractivity contribution is -0.114. The molecule has 1 amide bonds. The number of halogens is 3. The van der Waals surface area contributed by atoms with E-state index in [-0.39, 0.29) is 27.5 Å². The van der Waals surface area contributed by atoms with Gasteiger partial charge >= 0.3 is 0 Å². The maximum absolute atomic E-state index is 12.4. The molecule has 0 aromatic heterocycles.